The average Bonchev–Trinajstić information content (AvgIpc) is 2.95. The maximum absolute atomic E-state index is 5.68. The molecule has 4 nitrogen and oxygen atoms in total. The number of nitrogens with one attached hydrogen (secondary N) is 1. The predicted molar refractivity (Wildman–Crippen MR) is 59.7 cm³/mol. The van der Waals surface area contributed by atoms with Crippen LogP contribution in [0, 0.1) is 5.92 Å². The molecule has 3 atom stereocenters. The molecule has 2 fully saturated rings. The van der Waals surface area contributed by atoms with Crippen LogP contribution in [0.3, 0.4) is 0 Å². The van der Waals surface area contributed by atoms with Gasteiger partial charge in [-0.15, -0.1) is 0 Å². The molecule has 0 radical (unpaired) electrons. The molecule has 1 N–H and O–H groups in total. The lowest BCUT2D eigenvalue weighted by atomic mass is 10.2. The van der Waals surface area contributed by atoms with Crippen molar-refractivity contribution in [1.29, 1.82) is 0 Å². The van der Waals surface area contributed by atoms with Gasteiger partial charge in [0, 0.05) is 18.2 Å². The standard InChI is InChI=1S/C12H16N2O2/c1-15-12-3-2-10(6-13-12)16-7-9-4-8-5-11(8)14-9/h2-3,6,8-9,11,14H,4-5,7H2,1H3. The molecule has 1 saturated carbocycles. The van der Waals surface area contributed by atoms with Crippen molar-refractivity contribution >= 4 is 0 Å². The molecule has 2 aliphatic rings. The fraction of sp³-hybridized carbons (Fsp3) is 0.583. The number of nitrogens with zero attached hydrogens (tertiary/aromatic N) is 1. The fourth-order valence-corrected chi connectivity index (χ4v) is 2.33. The van der Waals surface area contributed by atoms with Gasteiger partial charge in [0.2, 0.25) is 5.88 Å². The van der Waals surface area contributed by atoms with Crippen molar-refractivity contribution < 1.29 is 9.47 Å². The molecule has 16 heavy (non-hydrogen) atoms. The number of aromatic nitrogens is 1. The second-order valence-corrected chi connectivity index (χ2v) is 4.55. The Bertz CT molecular complexity index is 356. The van der Waals surface area contributed by atoms with E-state index in [1.807, 2.05) is 12.1 Å². The lowest BCUT2D eigenvalue weighted by Crippen LogP contribution is -2.31. The van der Waals surface area contributed by atoms with Gasteiger partial charge in [-0.05, 0) is 24.8 Å². The summed E-state index contributed by atoms with van der Waals surface area (Å²) >= 11 is 0. The molecular weight excluding hydrogens is 204 g/mol. The minimum atomic E-state index is 0.519. The zero-order valence-corrected chi connectivity index (χ0v) is 9.35. The normalized spacial score (nSPS) is 30.9. The third-order valence-electron chi connectivity index (χ3n) is 3.33. The number of piperidine rings is 1. The molecule has 1 aromatic rings. The molecule has 0 aromatic carbocycles. The van der Waals surface area contributed by atoms with Crippen LogP contribution in [-0.4, -0.2) is 30.8 Å². The first kappa shape index (κ1) is 9.90. The first-order valence-corrected chi connectivity index (χ1v) is 5.74. The minimum Gasteiger partial charge on any atom is -0.490 e. The van der Waals surface area contributed by atoms with Gasteiger partial charge >= 0.3 is 0 Å². The lowest BCUT2D eigenvalue weighted by Gasteiger charge is -2.14. The number of fused-ring (bicyclic) bond motifs is 1. The zero-order valence-electron chi connectivity index (χ0n) is 9.35. The Hall–Kier alpha value is -1.29. The van der Waals surface area contributed by atoms with Gasteiger partial charge in [0.05, 0.1) is 13.3 Å². The Balaban J connectivity index is 1.50. The van der Waals surface area contributed by atoms with Crippen molar-refractivity contribution in [3.8, 4) is 11.6 Å². The van der Waals surface area contributed by atoms with Crippen LogP contribution in [0.15, 0.2) is 18.3 Å². The van der Waals surface area contributed by atoms with Crippen LogP contribution in [0.4, 0.5) is 0 Å². The van der Waals surface area contributed by atoms with Crippen LogP contribution >= 0.6 is 0 Å². The summed E-state index contributed by atoms with van der Waals surface area (Å²) in [5.41, 5.74) is 0. The van der Waals surface area contributed by atoms with Crippen LogP contribution in [0.25, 0.3) is 0 Å². The quantitative estimate of drug-likeness (QED) is 0.828. The maximum atomic E-state index is 5.68. The largest absolute Gasteiger partial charge is 0.490 e. The Kier molecular flexibility index (Phi) is 2.44. The Morgan fingerprint density at radius 2 is 2.38 bits per heavy atom. The van der Waals surface area contributed by atoms with Crippen LogP contribution < -0.4 is 14.8 Å². The fourth-order valence-electron chi connectivity index (χ4n) is 2.33. The number of methoxy groups -OCH3 is 1. The number of rotatable bonds is 4. The van der Waals surface area contributed by atoms with Crippen LogP contribution in [0.1, 0.15) is 12.8 Å². The number of hydrogen-bond acceptors (Lipinski definition) is 4. The maximum Gasteiger partial charge on any atom is 0.213 e. The molecule has 2 heterocycles. The highest BCUT2D eigenvalue weighted by Gasteiger charge is 2.45. The molecule has 0 bridgehead atoms. The molecule has 0 spiro atoms. The molecule has 1 saturated heterocycles. The Morgan fingerprint density at radius 1 is 1.44 bits per heavy atom. The highest BCUT2D eigenvalue weighted by atomic mass is 16.5. The summed E-state index contributed by atoms with van der Waals surface area (Å²) in [5, 5.41) is 3.55. The topological polar surface area (TPSA) is 43.4 Å². The average molecular weight is 220 g/mol. The van der Waals surface area contributed by atoms with Crippen molar-refractivity contribution in [2.75, 3.05) is 13.7 Å². The first-order chi connectivity index (χ1) is 7.85. The van der Waals surface area contributed by atoms with Crippen molar-refractivity contribution in [3.63, 3.8) is 0 Å². The molecule has 1 aliphatic heterocycles. The third kappa shape index (κ3) is 1.97. The highest BCUT2D eigenvalue weighted by Crippen LogP contribution is 2.40. The summed E-state index contributed by atoms with van der Waals surface area (Å²) in [5.74, 6) is 2.35. The molecule has 0 amide bonds. The van der Waals surface area contributed by atoms with Gasteiger partial charge in [0.25, 0.3) is 0 Å². The lowest BCUT2D eigenvalue weighted by molar-refractivity contribution is 0.266. The van der Waals surface area contributed by atoms with E-state index >= 15 is 0 Å². The van der Waals surface area contributed by atoms with E-state index in [0.717, 1.165) is 24.3 Å². The summed E-state index contributed by atoms with van der Waals surface area (Å²) in [6.45, 7) is 0.737. The van der Waals surface area contributed by atoms with Gasteiger partial charge in [-0.25, -0.2) is 4.98 Å². The van der Waals surface area contributed by atoms with Gasteiger partial charge in [-0.3, -0.25) is 0 Å². The van der Waals surface area contributed by atoms with E-state index in [-0.39, 0.29) is 0 Å². The van der Waals surface area contributed by atoms with Crippen molar-refractivity contribution in [2.45, 2.75) is 24.9 Å². The van der Waals surface area contributed by atoms with E-state index in [0.29, 0.717) is 11.9 Å². The van der Waals surface area contributed by atoms with Crippen LogP contribution in [-0.2, 0) is 0 Å². The smallest absolute Gasteiger partial charge is 0.213 e. The minimum absolute atomic E-state index is 0.519. The van der Waals surface area contributed by atoms with Crippen LogP contribution in [0.2, 0.25) is 0 Å². The number of pyridine rings is 1. The number of ether oxygens (including phenoxy) is 2. The van der Waals surface area contributed by atoms with E-state index in [1.165, 1.54) is 12.8 Å². The monoisotopic (exact) mass is 220 g/mol. The second kappa shape index (κ2) is 3.94. The molecular formula is C12H16N2O2. The number of hydrogen-bond donors (Lipinski definition) is 1. The summed E-state index contributed by atoms with van der Waals surface area (Å²) in [4.78, 5) is 4.10. The zero-order chi connectivity index (χ0) is 11.0. The predicted octanol–water partition coefficient (Wildman–Crippen LogP) is 1.22. The van der Waals surface area contributed by atoms with E-state index in [1.54, 1.807) is 13.3 Å². The van der Waals surface area contributed by atoms with Gasteiger partial charge in [0.1, 0.15) is 12.4 Å². The Labute approximate surface area is 95.0 Å². The molecule has 86 valence electrons. The van der Waals surface area contributed by atoms with Gasteiger partial charge in [-0.2, -0.15) is 0 Å². The summed E-state index contributed by atoms with van der Waals surface area (Å²) < 4.78 is 10.7. The van der Waals surface area contributed by atoms with Crippen molar-refractivity contribution in [1.82, 2.24) is 10.3 Å². The van der Waals surface area contributed by atoms with E-state index < -0.39 is 0 Å². The van der Waals surface area contributed by atoms with Crippen molar-refractivity contribution in [3.05, 3.63) is 18.3 Å². The van der Waals surface area contributed by atoms with Crippen LogP contribution in [0.5, 0.6) is 11.6 Å². The van der Waals surface area contributed by atoms with E-state index in [9.17, 15) is 0 Å². The highest BCUT2D eigenvalue weighted by molar-refractivity contribution is 5.22. The SMILES string of the molecule is COc1ccc(OCC2CC3CC3N2)cn1. The van der Waals surface area contributed by atoms with E-state index in [4.69, 9.17) is 9.47 Å². The van der Waals surface area contributed by atoms with Crippen molar-refractivity contribution in [2.24, 2.45) is 5.92 Å². The molecule has 3 rings (SSSR count). The Morgan fingerprint density at radius 3 is 3.00 bits per heavy atom. The molecule has 1 aliphatic carbocycles. The second-order valence-electron chi connectivity index (χ2n) is 4.55. The molecule has 1 aromatic heterocycles. The summed E-state index contributed by atoms with van der Waals surface area (Å²) in [6.07, 6.45) is 4.32. The van der Waals surface area contributed by atoms with Gasteiger partial charge in [-0.1, -0.05) is 0 Å². The summed E-state index contributed by atoms with van der Waals surface area (Å²) in [7, 11) is 1.61. The molecule has 3 unspecified atom stereocenters. The molecule has 4 heteroatoms. The van der Waals surface area contributed by atoms with E-state index in [2.05, 4.69) is 10.3 Å². The third-order valence-corrected chi connectivity index (χ3v) is 3.33. The first-order valence-electron chi connectivity index (χ1n) is 5.74. The van der Waals surface area contributed by atoms with Gasteiger partial charge in [0.15, 0.2) is 0 Å². The summed E-state index contributed by atoms with van der Waals surface area (Å²) in [6, 6.07) is 5.00. The van der Waals surface area contributed by atoms with Gasteiger partial charge < -0.3 is 14.8 Å².